The summed E-state index contributed by atoms with van der Waals surface area (Å²) in [6.45, 7) is 3.61. The minimum absolute atomic E-state index is 0.00449. The molecule has 0 spiro atoms. The molecule has 0 saturated carbocycles. The zero-order valence-corrected chi connectivity index (χ0v) is 18.9. The molecule has 1 amide bonds. The Morgan fingerprint density at radius 3 is 2.24 bits per heavy atom. The Hall–Kier alpha value is -3.61. The maximum absolute atomic E-state index is 14.1. The van der Waals surface area contributed by atoms with Crippen molar-refractivity contribution in [1.82, 2.24) is 4.90 Å². The summed E-state index contributed by atoms with van der Waals surface area (Å²) < 4.78 is 46.6. The molecule has 7 heteroatoms. The molecular formula is C27H24F3NO3. The standard InChI is InChI=1S/C27H24F3NO3/c1-17(32)16-27(21-7-9-22(28)10-8-21)13-14-31(26(33)34-27)18(2)19-3-5-20(6-4-19)24-12-11-23(29)15-25(24)30/h3-12,15,18H,13-14,16H2,1-2H3. The highest BCUT2D eigenvalue weighted by molar-refractivity contribution is 5.78. The monoisotopic (exact) mass is 467 g/mol. The Morgan fingerprint density at radius 1 is 1.00 bits per heavy atom. The molecular weight excluding hydrogens is 443 g/mol. The maximum Gasteiger partial charge on any atom is 0.411 e. The van der Waals surface area contributed by atoms with Crippen LogP contribution in [0.5, 0.6) is 0 Å². The number of carbonyl (C=O) groups is 2. The van der Waals surface area contributed by atoms with Crippen LogP contribution in [0.1, 0.15) is 43.9 Å². The molecule has 3 aromatic rings. The third kappa shape index (κ3) is 4.69. The van der Waals surface area contributed by atoms with Gasteiger partial charge in [0.15, 0.2) is 0 Å². The van der Waals surface area contributed by atoms with Crippen LogP contribution in [0.25, 0.3) is 11.1 Å². The fourth-order valence-electron chi connectivity index (χ4n) is 4.45. The molecule has 0 bridgehead atoms. The van der Waals surface area contributed by atoms with Crippen molar-refractivity contribution in [1.29, 1.82) is 0 Å². The number of nitrogens with zero attached hydrogens (tertiary/aromatic N) is 1. The van der Waals surface area contributed by atoms with Crippen molar-refractivity contribution in [2.24, 2.45) is 0 Å². The lowest BCUT2D eigenvalue weighted by molar-refractivity contribution is -0.126. The molecule has 176 valence electrons. The van der Waals surface area contributed by atoms with E-state index in [1.54, 1.807) is 29.2 Å². The number of amides is 1. The highest BCUT2D eigenvalue weighted by Gasteiger charge is 2.44. The molecule has 4 nitrogen and oxygen atoms in total. The van der Waals surface area contributed by atoms with Gasteiger partial charge in [0, 0.05) is 24.6 Å². The van der Waals surface area contributed by atoms with E-state index in [9.17, 15) is 22.8 Å². The minimum atomic E-state index is -1.14. The van der Waals surface area contributed by atoms with Gasteiger partial charge in [0.25, 0.3) is 0 Å². The molecule has 0 aliphatic carbocycles. The summed E-state index contributed by atoms with van der Waals surface area (Å²) in [6.07, 6.45) is -0.199. The van der Waals surface area contributed by atoms with Gasteiger partial charge in [-0.3, -0.25) is 4.79 Å². The van der Waals surface area contributed by atoms with Crippen molar-refractivity contribution in [3.8, 4) is 11.1 Å². The number of benzene rings is 3. The van der Waals surface area contributed by atoms with Crippen molar-refractivity contribution in [2.75, 3.05) is 6.54 Å². The summed E-state index contributed by atoms with van der Waals surface area (Å²) in [5.74, 6) is -1.84. The van der Waals surface area contributed by atoms with Crippen molar-refractivity contribution in [2.45, 2.75) is 38.3 Å². The predicted octanol–water partition coefficient (Wildman–Crippen LogP) is 6.55. The van der Waals surface area contributed by atoms with Gasteiger partial charge in [-0.15, -0.1) is 0 Å². The normalized spacial score (nSPS) is 19.0. The second kappa shape index (κ2) is 9.33. The van der Waals surface area contributed by atoms with E-state index < -0.39 is 29.1 Å². The number of hydrogen-bond donors (Lipinski definition) is 0. The summed E-state index contributed by atoms with van der Waals surface area (Å²) >= 11 is 0. The predicted molar refractivity (Wildman–Crippen MR) is 121 cm³/mol. The Bertz CT molecular complexity index is 1210. The highest BCUT2D eigenvalue weighted by atomic mass is 19.1. The lowest BCUT2D eigenvalue weighted by Gasteiger charge is -2.43. The van der Waals surface area contributed by atoms with E-state index in [4.69, 9.17) is 4.74 Å². The SMILES string of the molecule is CC(=O)CC1(c2ccc(F)cc2)CCN(C(C)c2ccc(-c3ccc(F)cc3F)cc2)C(=O)O1. The molecule has 1 fully saturated rings. The van der Waals surface area contributed by atoms with Crippen molar-refractivity contribution in [3.05, 3.63) is 95.3 Å². The Kier molecular flexibility index (Phi) is 6.46. The van der Waals surface area contributed by atoms with Crippen LogP contribution >= 0.6 is 0 Å². The second-order valence-electron chi connectivity index (χ2n) is 8.61. The first-order valence-electron chi connectivity index (χ1n) is 11.0. The molecule has 2 atom stereocenters. The van der Waals surface area contributed by atoms with Crippen LogP contribution in [0.15, 0.2) is 66.7 Å². The first kappa shape index (κ1) is 23.5. The number of Topliss-reactive ketones (excluding diaryl/α,β-unsaturated/α-hetero) is 1. The zero-order chi connectivity index (χ0) is 24.5. The topological polar surface area (TPSA) is 46.6 Å². The average Bonchev–Trinajstić information content (AvgIpc) is 2.79. The molecule has 1 aliphatic heterocycles. The molecule has 1 heterocycles. The van der Waals surface area contributed by atoms with Crippen LogP contribution in [-0.4, -0.2) is 23.3 Å². The third-order valence-electron chi connectivity index (χ3n) is 6.28. The van der Waals surface area contributed by atoms with Gasteiger partial charge in [-0.1, -0.05) is 36.4 Å². The van der Waals surface area contributed by atoms with Gasteiger partial charge in [0.2, 0.25) is 0 Å². The maximum atomic E-state index is 14.1. The quantitative estimate of drug-likeness (QED) is 0.413. The molecule has 0 aromatic heterocycles. The lowest BCUT2D eigenvalue weighted by atomic mass is 9.84. The number of cyclic esters (lactones) is 1. The largest absolute Gasteiger partial charge is 0.437 e. The van der Waals surface area contributed by atoms with E-state index in [0.29, 0.717) is 24.1 Å². The molecule has 4 rings (SSSR count). The Balaban J connectivity index is 1.54. The fourth-order valence-corrected chi connectivity index (χ4v) is 4.45. The van der Waals surface area contributed by atoms with Crippen LogP contribution in [0.2, 0.25) is 0 Å². The van der Waals surface area contributed by atoms with Gasteiger partial charge in [-0.25, -0.2) is 18.0 Å². The molecule has 0 radical (unpaired) electrons. The molecule has 2 unspecified atom stereocenters. The van der Waals surface area contributed by atoms with Gasteiger partial charge in [-0.05, 0) is 54.8 Å². The third-order valence-corrected chi connectivity index (χ3v) is 6.28. The van der Waals surface area contributed by atoms with Crippen LogP contribution in [0.4, 0.5) is 18.0 Å². The zero-order valence-electron chi connectivity index (χ0n) is 18.9. The molecule has 0 N–H and O–H groups in total. The average molecular weight is 467 g/mol. The molecule has 3 aromatic carbocycles. The minimum Gasteiger partial charge on any atom is -0.437 e. The fraction of sp³-hybridized carbons (Fsp3) is 0.259. The van der Waals surface area contributed by atoms with E-state index >= 15 is 0 Å². The van der Waals surface area contributed by atoms with Crippen molar-refractivity contribution >= 4 is 11.9 Å². The lowest BCUT2D eigenvalue weighted by Crippen LogP contribution is -2.49. The summed E-state index contributed by atoms with van der Waals surface area (Å²) in [5, 5.41) is 0. The van der Waals surface area contributed by atoms with Gasteiger partial charge < -0.3 is 9.64 Å². The molecule has 1 saturated heterocycles. The van der Waals surface area contributed by atoms with Crippen LogP contribution in [0.3, 0.4) is 0 Å². The van der Waals surface area contributed by atoms with Crippen molar-refractivity contribution < 1.29 is 27.5 Å². The smallest absolute Gasteiger partial charge is 0.411 e. The van der Waals surface area contributed by atoms with Gasteiger partial charge in [0.1, 0.15) is 28.8 Å². The second-order valence-corrected chi connectivity index (χ2v) is 8.61. The highest BCUT2D eigenvalue weighted by Crippen LogP contribution is 2.40. The Labute approximate surface area is 196 Å². The van der Waals surface area contributed by atoms with E-state index in [1.165, 1.54) is 43.3 Å². The van der Waals surface area contributed by atoms with Crippen LogP contribution in [0, 0.1) is 17.5 Å². The van der Waals surface area contributed by atoms with E-state index in [2.05, 4.69) is 0 Å². The van der Waals surface area contributed by atoms with Crippen molar-refractivity contribution in [3.63, 3.8) is 0 Å². The number of rotatable bonds is 6. The number of halogens is 3. The number of carbonyl (C=O) groups excluding carboxylic acids is 2. The summed E-state index contributed by atoms with van der Waals surface area (Å²) in [6, 6.07) is 15.7. The van der Waals surface area contributed by atoms with Gasteiger partial charge in [0.05, 0.1) is 12.5 Å². The molecule has 1 aliphatic rings. The summed E-state index contributed by atoms with van der Waals surface area (Å²) in [4.78, 5) is 26.6. The van der Waals surface area contributed by atoms with Crippen LogP contribution in [-0.2, 0) is 15.1 Å². The van der Waals surface area contributed by atoms with E-state index in [1.807, 2.05) is 6.92 Å². The molecule has 34 heavy (non-hydrogen) atoms. The summed E-state index contributed by atoms with van der Waals surface area (Å²) in [5.41, 5.74) is 1.12. The first-order chi connectivity index (χ1) is 16.2. The van der Waals surface area contributed by atoms with E-state index in [-0.39, 0.29) is 23.8 Å². The number of ether oxygens (including phenoxy) is 1. The number of ketones is 1. The van der Waals surface area contributed by atoms with Gasteiger partial charge >= 0.3 is 6.09 Å². The van der Waals surface area contributed by atoms with Gasteiger partial charge in [-0.2, -0.15) is 0 Å². The first-order valence-corrected chi connectivity index (χ1v) is 11.0. The van der Waals surface area contributed by atoms with Crippen LogP contribution < -0.4 is 0 Å². The van der Waals surface area contributed by atoms with E-state index in [0.717, 1.165) is 11.6 Å². The number of hydrogen-bond acceptors (Lipinski definition) is 3. The Morgan fingerprint density at radius 2 is 1.65 bits per heavy atom. The summed E-state index contributed by atoms with van der Waals surface area (Å²) in [7, 11) is 0.